The summed E-state index contributed by atoms with van der Waals surface area (Å²) in [6.45, 7) is 1.96. The first-order valence-corrected chi connectivity index (χ1v) is 17.0. The van der Waals surface area contributed by atoms with Crippen LogP contribution in [0.25, 0.3) is 11.1 Å². The summed E-state index contributed by atoms with van der Waals surface area (Å²) in [4.78, 5) is 54.6. The van der Waals surface area contributed by atoms with E-state index in [0.717, 1.165) is 33.4 Å². The lowest BCUT2D eigenvalue weighted by Crippen LogP contribution is -2.48. The number of nitrogens with one attached hydrogen (secondary N) is 2. The summed E-state index contributed by atoms with van der Waals surface area (Å²) in [6.07, 6.45) is 4.53. The van der Waals surface area contributed by atoms with Gasteiger partial charge >= 0.3 is 12.1 Å². The molecule has 0 saturated heterocycles. The summed E-state index contributed by atoms with van der Waals surface area (Å²) in [5.74, 6) is -1.88. The van der Waals surface area contributed by atoms with Crippen LogP contribution >= 0.6 is 0 Å². The summed E-state index contributed by atoms with van der Waals surface area (Å²) in [6, 6.07) is 22.2. The van der Waals surface area contributed by atoms with E-state index in [1.165, 1.54) is 0 Å². The smallest absolute Gasteiger partial charge is 0.407 e. The Balaban J connectivity index is 1.07. The minimum absolute atomic E-state index is 0.0205. The summed E-state index contributed by atoms with van der Waals surface area (Å²) < 4.78 is 11.2. The molecule has 3 aromatic rings. The summed E-state index contributed by atoms with van der Waals surface area (Å²) in [5.41, 5.74) is 6.58. The predicted octanol–water partition coefficient (Wildman–Crippen LogP) is 4.63. The Kier molecular flexibility index (Phi) is 10.7. The van der Waals surface area contributed by atoms with E-state index < -0.39 is 30.1 Å². The molecule has 0 radical (unpaired) electrons. The average molecular weight is 666 g/mol. The van der Waals surface area contributed by atoms with Crippen molar-refractivity contribution in [2.24, 2.45) is 5.92 Å². The molecule has 4 unspecified atom stereocenters. The maximum Gasteiger partial charge on any atom is 0.407 e. The fourth-order valence-electron chi connectivity index (χ4n) is 7.04. The number of alkyl carbamates (subject to hydrolysis) is 1. The monoisotopic (exact) mass is 665 g/mol. The van der Waals surface area contributed by atoms with E-state index in [1.807, 2.05) is 72.8 Å². The van der Waals surface area contributed by atoms with Gasteiger partial charge in [0.1, 0.15) is 19.3 Å². The van der Waals surface area contributed by atoms with Crippen molar-refractivity contribution < 1.29 is 33.8 Å². The number of nitrogens with zero attached hydrogens (tertiary/aromatic N) is 1. The van der Waals surface area contributed by atoms with Crippen LogP contribution in [0.1, 0.15) is 60.8 Å². The molecule has 10 heteroatoms. The van der Waals surface area contributed by atoms with Gasteiger partial charge < -0.3 is 30.1 Å². The topological polar surface area (TPSA) is 134 Å². The number of fused-ring (bicyclic) bond motifs is 4. The van der Waals surface area contributed by atoms with Crippen LogP contribution in [0.15, 0.2) is 84.9 Å². The lowest BCUT2D eigenvalue weighted by atomic mass is 9.92. The van der Waals surface area contributed by atoms with Crippen molar-refractivity contribution in [1.82, 2.24) is 15.5 Å². The van der Waals surface area contributed by atoms with Crippen LogP contribution in [0, 0.1) is 5.92 Å². The molecule has 0 saturated carbocycles. The van der Waals surface area contributed by atoms with E-state index >= 15 is 0 Å². The highest BCUT2D eigenvalue weighted by Gasteiger charge is 2.33. The van der Waals surface area contributed by atoms with Crippen LogP contribution in [-0.2, 0) is 36.8 Å². The number of hydrogen-bond acceptors (Lipinski definition) is 7. The fraction of sp³-hybridized carbons (Fsp3) is 0.385. The highest BCUT2D eigenvalue weighted by molar-refractivity contribution is 5.87. The largest absolute Gasteiger partial charge is 0.462 e. The third-order valence-electron chi connectivity index (χ3n) is 9.67. The number of ether oxygens (including phenoxy) is 2. The molecule has 0 spiro atoms. The maximum absolute atomic E-state index is 13.5. The SMILES string of the molecule is CC1COC(=O)C(NC(=O)OCC2c3ccccc3-c3ccccc32)CCC=CCC(CC(=O)N2Cc3ccccc3CC2CO)C(=O)N1. The minimum Gasteiger partial charge on any atom is -0.462 e. The Bertz CT molecular complexity index is 1680. The number of cyclic esters (lactones) is 1. The van der Waals surface area contributed by atoms with Crippen molar-refractivity contribution in [3.8, 4) is 11.1 Å². The predicted molar refractivity (Wildman–Crippen MR) is 183 cm³/mol. The lowest BCUT2D eigenvalue weighted by Gasteiger charge is -2.36. The van der Waals surface area contributed by atoms with Crippen molar-refractivity contribution in [2.45, 2.75) is 69.6 Å². The number of carbonyl (C=O) groups excluding carboxylic acids is 4. The van der Waals surface area contributed by atoms with Crippen molar-refractivity contribution in [1.29, 1.82) is 0 Å². The fourth-order valence-corrected chi connectivity index (χ4v) is 7.04. The molecule has 3 aromatic carbocycles. The van der Waals surface area contributed by atoms with Gasteiger partial charge in [0.15, 0.2) is 0 Å². The Morgan fingerprint density at radius 3 is 2.35 bits per heavy atom. The second-order valence-corrected chi connectivity index (χ2v) is 13.1. The standard InChI is InChI=1S/C39H43N3O7/c1-25-23-48-38(46)35(41-39(47)49-24-34-32-16-9-7-14-30(32)31-15-8-10-17-33(31)34)18-4-2-3-12-27(37(45)40-25)20-36(44)42-21-28-13-6-5-11-26(28)19-29(42)22-43/h2-3,5-11,13-17,25,27,29,34-35,43H,4,12,18-24H2,1H3,(H,40,45)(H,41,47). The van der Waals surface area contributed by atoms with E-state index in [2.05, 4.69) is 22.8 Å². The summed E-state index contributed by atoms with van der Waals surface area (Å²) in [7, 11) is 0. The Morgan fingerprint density at radius 1 is 0.959 bits per heavy atom. The van der Waals surface area contributed by atoms with Gasteiger partial charge in [0.2, 0.25) is 11.8 Å². The first-order chi connectivity index (χ1) is 23.8. The molecule has 256 valence electrons. The van der Waals surface area contributed by atoms with Crippen molar-refractivity contribution in [3.63, 3.8) is 0 Å². The van der Waals surface area contributed by atoms with E-state index in [1.54, 1.807) is 11.8 Å². The zero-order chi connectivity index (χ0) is 34.3. The molecule has 49 heavy (non-hydrogen) atoms. The highest BCUT2D eigenvalue weighted by atomic mass is 16.6. The zero-order valence-electron chi connectivity index (χ0n) is 27.7. The van der Waals surface area contributed by atoms with Crippen molar-refractivity contribution in [2.75, 3.05) is 19.8 Å². The van der Waals surface area contributed by atoms with E-state index in [-0.39, 0.29) is 56.4 Å². The first kappa shape index (κ1) is 33.9. The van der Waals surface area contributed by atoms with Crippen LogP contribution in [0.5, 0.6) is 0 Å². The van der Waals surface area contributed by atoms with Gasteiger partial charge in [-0.25, -0.2) is 9.59 Å². The Hall–Kier alpha value is -4.96. The van der Waals surface area contributed by atoms with Crippen LogP contribution in [0.3, 0.4) is 0 Å². The molecule has 3 amide bonds. The summed E-state index contributed by atoms with van der Waals surface area (Å²) in [5, 5.41) is 15.6. The number of benzene rings is 3. The van der Waals surface area contributed by atoms with Crippen molar-refractivity contribution >= 4 is 23.9 Å². The molecule has 0 bridgehead atoms. The number of carbonyl (C=O) groups is 4. The third-order valence-corrected chi connectivity index (χ3v) is 9.67. The molecule has 2 heterocycles. The van der Waals surface area contributed by atoms with Gasteiger partial charge in [-0.05, 0) is 66.0 Å². The Morgan fingerprint density at radius 2 is 1.63 bits per heavy atom. The molecule has 2 aliphatic heterocycles. The highest BCUT2D eigenvalue weighted by Crippen LogP contribution is 2.44. The van der Waals surface area contributed by atoms with Gasteiger partial charge in [-0.1, -0.05) is 84.9 Å². The van der Waals surface area contributed by atoms with Gasteiger partial charge in [0.25, 0.3) is 0 Å². The van der Waals surface area contributed by atoms with Gasteiger partial charge in [-0.3, -0.25) is 9.59 Å². The second kappa shape index (κ2) is 15.5. The van der Waals surface area contributed by atoms with Gasteiger partial charge in [0.05, 0.1) is 24.6 Å². The lowest BCUT2D eigenvalue weighted by molar-refractivity contribution is -0.147. The van der Waals surface area contributed by atoms with E-state index in [4.69, 9.17) is 9.47 Å². The second-order valence-electron chi connectivity index (χ2n) is 13.1. The average Bonchev–Trinajstić information content (AvgIpc) is 3.44. The van der Waals surface area contributed by atoms with Crippen LogP contribution in [-0.4, -0.2) is 71.8 Å². The first-order valence-electron chi connectivity index (χ1n) is 17.0. The Labute approximate surface area is 286 Å². The molecule has 3 aliphatic rings. The molecule has 0 fully saturated rings. The number of rotatable bonds is 6. The molecule has 4 atom stereocenters. The van der Waals surface area contributed by atoms with Gasteiger partial charge in [-0.15, -0.1) is 0 Å². The molecule has 3 N–H and O–H groups in total. The quantitative estimate of drug-likeness (QED) is 0.258. The number of esters is 1. The number of aliphatic hydroxyl groups excluding tert-OH is 1. The van der Waals surface area contributed by atoms with Gasteiger partial charge in [0, 0.05) is 18.9 Å². The maximum atomic E-state index is 13.5. The van der Waals surface area contributed by atoms with Crippen molar-refractivity contribution in [3.05, 3.63) is 107 Å². The molecule has 1 aliphatic carbocycles. The molecule has 10 nitrogen and oxygen atoms in total. The normalized spacial score (nSPS) is 22.6. The number of amides is 3. The molecule has 6 rings (SSSR count). The van der Waals surface area contributed by atoms with E-state index in [9.17, 15) is 24.3 Å². The number of aliphatic hydroxyl groups is 1. The molecule has 0 aromatic heterocycles. The molecular weight excluding hydrogens is 622 g/mol. The number of hydrogen-bond donors (Lipinski definition) is 3. The molecular formula is C39H43N3O7. The zero-order valence-corrected chi connectivity index (χ0v) is 27.7. The van der Waals surface area contributed by atoms with Crippen LogP contribution in [0.4, 0.5) is 4.79 Å². The number of allylic oxidation sites excluding steroid dienone is 2. The third kappa shape index (κ3) is 7.86. The van der Waals surface area contributed by atoms with Crippen LogP contribution < -0.4 is 10.6 Å². The summed E-state index contributed by atoms with van der Waals surface area (Å²) >= 11 is 0. The van der Waals surface area contributed by atoms with Gasteiger partial charge in [-0.2, -0.15) is 0 Å². The minimum atomic E-state index is -0.946. The van der Waals surface area contributed by atoms with E-state index in [0.29, 0.717) is 25.8 Å². The van der Waals surface area contributed by atoms with Crippen LogP contribution in [0.2, 0.25) is 0 Å².